The molecule has 0 aromatic heterocycles. The lowest BCUT2D eigenvalue weighted by Gasteiger charge is -2.26. The molecule has 0 unspecified atom stereocenters. The van der Waals surface area contributed by atoms with Crippen molar-refractivity contribution in [1.29, 1.82) is 0 Å². The minimum Gasteiger partial charge on any atom is -0.489 e. The van der Waals surface area contributed by atoms with Gasteiger partial charge in [-0.05, 0) is 31.2 Å². The summed E-state index contributed by atoms with van der Waals surface area (Å²) in [5.74, 6) is 0.392. The number of morpholine rings is 1. The third-order valence-corrected chi connectivity index (χ3v) is 7.95. The highest BCUT2D eigenvalue weighted by Gasteiger charge is 2.32. The van der Waals surface area contributed by atoms with Crippen molar-refractivity contribution in [2.24, 2.45) is 0 Å². The third-order valence-electron chi connectivity index (χ3n) is 5.57. The first-order chi connectivity index (χ1) is 14.3. The molecule has 0 spiro atoms. The lowest BCUT2D eigenvalue weighted by atomic mass is 9.97. The van der Waals surface area contributed by atoms with Gasteiger partial charge >= 0.3 is 0 Å². The summed E-state index contributed by atoms with van der Waals surface area (Å²) in [6.45, 7) is 5.22. The number of halogens is 1. The van der Waals surface area contributed by atoms with E-state index in [-0.39, 0.29) is 40.9 Å². The van der Waals surface area contributed by atoms with Gasteiger partial charge in [-0.2, -0.15) is 4.31 Å². The maximum atomic E-state index is 13.0. The Kier molecular flexibility index (Phi) is 5.76. The largest absolute Gasteiger partial charge is 0.489 e. The van der Waals surface area contributed by atoms with Gasteiger partial charge in [0, 0.05) is 30.3 Å². The number of benzene rings is 2. The molecule has 2 aromatic carbocycles. The molecule has 1 fully saturated rings. The molecule has 7 nitrogen and oxygen atoms in total. The molecule has 0 aliphatic carbocycles. The number of rotatable bonds is 4. The van der Waals surface area contributed by atoms with E-state index in [1.807, 2.05) is 19.1 Å². The molecule has 0 radical (unpaired) electrons. The van der Waals surface area contributed by atoms with Crippen LogP contribution in [0.2, 0.25) is 5.02 Å². The summed E-state index contributed by atoms with van der Waals surface area (Å²) in [6.07, 6.45) is -0.0188. The summed E-state index contributed by atoms with van der Waals surface area (Å²) in [4.78, 5) is 12.9. The average Bonchev–Trinajstić information content (AvgIpc) is 3.04. The molecule has 2 aliphatic heterocycles. The number of fused-ring (bicyclic) bond motifs is 1. The van der Waals surface area contributed by atoms with Crippen LogP contribution in [-0.2, 0) is 14.8 Å². The Labute approximate surface area is 181 Å². The van der Waals surface area contributed by atoms with Crippen LogP contribution < -0.4 is 10.1 Å². The molecule has 2 heterocycles. The van der Waals surface area contributed by atoms with Crippen molar-refractivity contribution in [2.45, 2.75) is 30.8 Å². The number of amides is 1. The molecular formula is C21H23ClN2O5S. The van der Waals surface area contributed by atoms with Crippen LogP contribution in [0.4, 0.5) is 5.69 Å². The van der Waals surface area contributed by atoms with E-state index < -0.39 is 10.0 Å². The fraction of sp³-hybridized carbons (Fsp3) is 0.381. The van der Waals surface area contributed by atoms with Gasteiger partial charge in [0.25, 0.3) is 5.91 Å². The number of anilines is 1. The van der Waals surface area contributed by atoms with Crippen molar-refractivity contribution < 1.29 is 22.7 Å². The zero-order chi connectivity index (χ0) is 21.5. The standard InChI is InChI=1S/C21H23ClN2O5S/c1-13-14(2)29-20-16(13)4-3-5-17(20)21(25)23-15-6-7-18(22)19(12-15)30(26,27)24-8-10-28-11-9-24/h3-7,12-14H,8-11H2,1-2H3,(H,23,25)/t13-,14-/m1/s1. The van der Waals surface area contributed by atoms with Crippen LogP contribution in [-0.4, -0.2) is 51.0 Å². The van der Waals surface area contributed by atoms with Crippen LogP contribution in [0, 0.1) is 0 Å². The van der Waals surface area contributed by atoms with E-state index in [1.54, 1.807) is 12.1 Å². The summed E-state index contributed by atoms with van der Waals surface area (Å²) in [7, 11) is -3.79. The quantitative estimate of drug-likeness (QED) is 0.770. The van der Waals surface area contributed by atoms with Gasteiger partial charge in [-0.1, -0.05) is 30.7 Å². The number of nitrogens with zero attached hydrogens (tertiary/aromatic N) is 1. The fourth-order valence-corrected chi connectivity index (χ4v) is 5.58. The highest BCUT2D eigenvalue weighted by Crippen LogP contribution is 2.40. The number of ether oxygens (including phenoxy) is 2. The molecule has 160 valence electrons. The Morgan fingerprint density at radius 3 is 2.63 bits per heavy atom. The minimum atomic E-state index is -3.79. The molecule has 2 aliphatic rings. The Morgan fingerprint density at radius 2 is 1.90 bits per heavy atom. The number of hydrogen-bond donors (Lipinski definition) is 1. The van der Waals surface area contributed by atoms with Crippen molar-refractivity contribution in [2.75, 3.05) is 31.6 Å². The second-order valence-electron chi connectivity index (χ2n) is 7.45. The molecule has 2 atom stereocenters. The predicted molar refractivity (Wildman–Crippen MR) is 114 cm³/mol. The Bertz CT molecular complexity index is 1080. The maximum Gasteiger partial charge on any atom is 0.259 e. The molecule has 2 aromatic rings. The van der Waals surface area contributed by atoms with Crippen LogP contribution in [0.1, 0.15) is 35.7 Å². The number of nitrogens with one attached hydrogen (secondary N) is 1. The van der Waals surface area contributed by atoms with E-state index >= 15 is 0 Å². The molecule has 1 saturated heterocycles. The van der Waals surface area contributed by atoms with Crippen LogP contribution in [0.25, 0.3) is 0 Å². The van der Waals surface area contributed by atoms with Gasteiger partial charge in [0.05, 0.1) is 23.8 Å². The SMILES string of the molecule is C[C@H]1Oc2c(C(=O)Nc3ccc(Cl)c(S(=O)(=O)N4CCOCC4)c3)cccc2[C@@H]1C. The number of hydrogen-bond acceptors (Lipinski definition) is 5. The van der Waals surface area contributed by atoms with Gasteiger partial charge < -0.3 is 14.8 Å². The first-order valence-electron chi connectivity index (χ1n) is 9.77. The fourth-order valence-electron chi connectivity index (χ4n) is 3.67. The maximum absolute atomic E-state index is 13.0. The second-order valence-corrected chi connectivity index (χ2v) is 9.76. The molecule has 30 heavy (non-hydrogen) atoms. The van der Waals surface area contributed by atoms with Crippen LogP contribution in [0.5, 0.6) is 5.75 Å². The Morgan fingerprint density at radius 1 is 1.17 bits per heavy atom. The minimum absolute atomic E-state index is 0.0188. The van der Waals surface area contributed by atoms with Gasteiger partial charge in [0.2, 0.25) is 10.0 Å². The van der Waals surface area contributed by atoms with Crippen LogP contribution in [0.3, 0.4) is 0 Å². The summed E-state index contributed by atoms with van der Waals surface area (Å²) < 4.78 is 38.4. The zero-order valence-electron chi connectivity index (χ0n) is 16.7. The molecular weight excluding hydrogens is 428 g/mol. The molecule has 1 N–H and O–H groups in total. The number of sulfonamides is 1. The van der Waals surface area contributed by atoms with Gasteiger partial charge in [0.1, 0.15) is 16.7 Å². The number of carbonyl (C=O) groups is 1. The average molecular weight is 451 g/mol. The van der Waals surface area contributed by atoms with E-state index in [1.165, 1.54) is 16.4 Å². The van der Waals surface area contributed by atoms with Crippen molar-refractivity contribution in [3.63, 3.8) is 0 Å². The smallest absolute Gasteiger partial charge is 0.259 e. The van der Waals surface area contributed by atoms with E-state index in [9.17, 15) is 13.2 Å². The predicted octanol–water partition coefficient (Wildman–Crippen LogP) is 3.50. The monoisotopic (exact) mass is 450 g/mol. The van der Waals surface area contributed by atoms with E-state index in [0.29, 0.717) is 30.2 Å². The van der Waals surface area contributed by atoms with Crippen molar-refractivity contribution in [3.05, 3.63) is 52.5 Å². The lowest BCUT2D eigenvalue weighted by molar-refractivity contribution is 0.0730. The summed E-state index contributed by atoms with van der Waals surface area (Å²) in [6, 6.07) is 9.91. The third kappa shape index (κ3) is 3.80. The van der Waals surface area contributed by atoms with Crippen LogP contribution >= 0.6 is 11.6 Å². The summed E-state index contributed by atoms with van der Waals surface area (Å²) >= 11 is 6.19. The van der Waals surface area contributed by atoms with E-state index in [0.717, 1.165) is 5.56 Å². The Balaban J connectivity index is 1.61. The van der Waals surface area contributed by atoms with Crippen molar-refractivity contribution >= 4 is 33.2 Å². The zero-order valence-corrected chi connectivity index (χ0v) is 18.3. The first kappa shape index (κ1) is 21.1. The topological polar surface area (TPSA) is 84.9 Å². The summed E-state index contributed by atoms with van der Waals surface area (Å²) in [5, 5.41) is 2.88. The number of para-hydroxylation sites is 1. The summed E-state index contributed by atoms with van der Waals surface area (Å²) in [5.41, 5.74) is 1.74. The molecule has 4 rings (SSSR count). The first-order valence-corrected chi connectivity index (χ1v) is 11.6. The normalized spacial score (nSPS) is 21.7. The highest BCUT2D eigenvalue weighted by molar-refractivity contribution is 7.89. The highest BCUT2D eigenvalue weighted by atomic mass is 35.5. The molecule has 1 amide bonds. The van der Waals surface area contributed by atoms with Gasteiger partial charge in [-0.15, -0.1) is 0 Å². The van der Waals surface area contributed by atoms with E-state index in [2.05, 4.69) is 12.2 Å². The van der Waals surface area contributed by atoms with Crippen LogP contribution in [0.15, 0.2) is 41.3 Å². The Hall–Kier alpha value is -2.13. The number of carbonyl (C=O) groups excluding carboxylic acids is 1. The second kappa shape index (κ2) is 8.19. The lowest BCUT2D eigenvalue weighted by Crippen LogP contribution is -2.40. The molecule has 0 saturated carbocycles. The van der Waals surface area contributed by atoms with Gasteiger partial charge in [0.15, 0.2) is 0 Å². The van der Waals surface area contributed by atoms with Crippen molar-refractivity contribution in [3.8, 4) is 5.75 Å². The molecule has 9 heteroatoms. The van der Waals surface area contributed by atoms with Gasteiger partial charge in [-0.3, -0.25) is 4.79 Å². The van der Waals surface area contributed by atoms with Crippen molar-refractivity contribution in [1.82, 2.24) is 4.31 Å². The van der Waals surface area contributed by atoms with Gasteiger partial charge in [-0.25, -0.2) is 8.42 Å². The van der Waals surface area contributed by atoms with E-state index in [4.69, 9.17) is 21.1 Å². The molecule has 0 bridgehead atoms.